The Kier molecular flexibility index (Phi) is 8.01. The summed E-state index contributed by atoms with van der Waals surface area (Å²) in [4.78, 5) is 0. The molecule has 1 aromatic heterocycles. The van der Waals surface area contributed by atoms with E-state index in [0.717, 1.165) is 38.9 Å². The van der Waals surface area contributed by atoms with E-state index in [0.29, 0.717) is 0 Å². The van der Waals surface area contributed by atoms with E-state index in [-0.39, 0.29) is 0 Å². The van der Waals surface area contributed by atoms with E-state index in [1.165, 1.54) is 71.4 Å². The van der Waals surface area contributed by atoms with E-state index >= 15 is 0 Å². The average Bonchev–Trinajstić information content (AvgIpc) is 3.62. The Morgan fingerprint density at radius 3 is 1.29 bits per heavy atom. The summed E-state index contributed by atoms with van der Waals surface area (Å²) in [5.74, 6) is 0. The first-order valence-electron chi connectivity index (χ1n) is 19.9. The number of hydrogen-bond acceptors (Lipinski definition) is 1. The van der Waals surface area contributed by atoms with Crippen LogP contribution in [-0.2, 0) is 0 Å². The highest BCUT2D eigenvalue weighted by molar-refractivity contribution is 6.24. The Morgan fingerprint density at radius 1 is 0.293 bits per heavy atom. The van der Waals surface area contributed by atoms with Crippen LogP contribution in [0.25, 0.3) is 105 Å². The number of benzene rings is 10. The molecule has 0 spiro atoms. The fourth-order valence-electron chi connectivity index (χ4n) is 9.25. The van der Waals surface area contributed by atoms with E-state index in [1.807, 2.05) is 0 Å². The van der Waals surface area contributed by atoms with Crippen molar-refractivity contribution in [2.24, 2.45) is 0 Å². The molecule has 0 aliphatic heterocycles. The second-order valence-corrected chi connectivity index (χ2v) is 15.0. The number of nitrogens with two attached hydrogens (primary N) is 1. The third-order valence-corrected chi connectivity index (χ3v) is 11.7. The van der Waals surface area contributed by atoms with Gasteiger partial charge in [0.15, 0.2) is 0 Å². The predicted molar refractivity (Wildman–Crippen MR) is 247 cm³/mol. The lowest BCUT2D eigenvalue weighted by Gasteiger charge is -2.22. The third kappa shape index (κ3) is 5.42. The molecule has 2 heteroatoms. The summed E-state index contributed by atoms with van der Waals surface area (Å²) >= 11 is 0. The van der Waals surface area contributed by atoms with Gasteiger partial charge in [-0.1, -0.05) is 188 Å². The lowest BCUT2D eigenvalue weighted by molar-refractivity contribution is 1.19. The van der Waals surface area contributed by atoms with Crippen molar-refractivity contribution in [1.29, 1.82) is 0 Å². The fraction of sp³-hybridized carbons (Fsp3) is 0. The second-order valence-electron chi connectivity index (χ2n) is 15.0. The van der Waals surface area contributed by atoms with E-state index in [9.17, 15) is 0 Å². The van der Waals surface area contributed by atoms with Gasteiger partial charge in [-0.25, -0.2) is 0 Å². The van der Waals surface area contributed by atoms with Gasteiger partial charge in [-0.05, 0) is 102 Å². The van der Waals surface area contributed by atoms with Crippen LogP contribution in [0.5, 0.6) is 0 Å². The number of aromatic nitrogens is 1. The zero-order valence-corrected chi connectivity index (χ0v) is 31.8. The summed E-state index contributed by atoms with van der Waals surface area (Å²) in [5, 5.41) is 7.15. The molecule has 11 rings (SSSR count). The Morgan fingerprint density at radius 2 is 0.724 bits per heavy atom. The van der Waals surface area contributed by atoms with Gasteiger partial charge in [0.25, 0.3) is 0 Å². The molecule has 0 aliphatic rings. The number of anilines is 1. The highest BCUT2D eigenvalue weighted by Crippen LogP contribution is 2.49. The van der Waals surface area contributed by atoms with Crippen molar-refractivity contribution >= 4 is 49.0 Å². The predicted octanol–water partition coefficient (Wildman–Crippen LogP) is 15.0. The molecular weight excluding hydrogens is 701 g/mol. The number of para-hydroxylation sites is 1. The molecule has 0 aliphatic carbocycles. The van der Waals surface area contributed by atoms with Crippen LogP contribution in [0.1, 0.15) is 0 Å². The first-order valence-corrected chi connectivity index (χ1v) is 19.9. The topological polar surface area (TPSA) is 30.9 Å². The van der Waals surface area contributed by atoms with Crippen LogP contribution in [0.2, 0.25) is 0 Å². The first-order chi connectivity index (χ1) is 28.7. The van der Waals surface area contributed by atoms with Gasteiger partial charge in [-0.3, -0.25) is 0 Å². The number of fused-ring (bicyclic) bond motifs is 5. The molecule has 10 aromatic carbocycles. The van der Waals surface area contributed by atoms with Crippen molar-refractivity contribution in [1.82, 2.24) is 4.57 Å². The average molecular weight is 739 g/mol. The second kappa shape index (κ2) is 13.8. The largest absolute Gasteiger partial charge is 0.399 e. The smallest absolute Gasteiger partial charge is 0.0620 e. The minimum absolute atomic E-state index is 0.751. The highest BCUT2D eigenvalue weighted by Gasteiger charge is 2.23. The third-order valence-electron chi connectivity index (χ3n) is 11.7. The molecule has 0 saturated carbocycles. The van der Waals surface area contributed by atoms with Crippen molar-refractivity contribution in [3.05, 3.63) is 218 Å². The zero-order chi connectivity index (χ0) is 38.6. The quantitative estimate of drug-likeness (QED) is 0.134. The summed E-state index contributed by atoms with van der Waals surface area (Å²) in [6.07, 6.45) is 0. The van der Waals surface area contributed by atoms with Crippen molar-refractivity contribution in [2.75, 3.05) is 5.73 Å². The Hall–Kier alpha value is -7.68. The summed E-state index contributed by atoms with van der Waals surface area (Å²) in [5.41, 5.74) is 22.7. The molecule has 11 aromatic rings. The zero-order valence-electron chi connectivity index (χ0n) is 31.8. The minimum atomic E-state index is 0.751. The number of hydrogen-bond donors (Lipinski definition) is 1. The molecule has 0 amide bonds. The Balaban J connectivity index is 1.31. The van der Waals surface area contributed by atoms with Gasteiger partial charge in [0, 0.05) is 27.7 Å². The van der Waals surface area contributed by atoms with Crippen molar-refractivity contribution < 1.29 is 0 Å². The lowest BCUT2D eigenvalue weighted by atomic mass is 9.82. The van der Waals surface area contributed by atoms with Crippen LogP contribution in [0.15, 0.2) is 218 Å². The molecule has 1 heterocycles. The maximum Gasteiger partial charge on any atom is 0.0620 e. The van der Waals surface area contributed by atoms with Crippen LogP contribution in [-0.4, -0.2) is 4.57 Å². The van der Waals surface area contributed by atoms with Gasteiger partial charge in [0.1, 0.15) is 0 Å². The van der Waals surface area contributed by atoms with Crippen molar-refractivity contribution in [3.8, 4) is 61.3 Å². The van der Waals surface area contributed by atoms with Gasteiger partial charge in [0.2, 0.25) is 0 Å². The number of nitrogen functional groups attached to an aromatic ring is 1. The number of nitrogens with zero attached hydrogens (tertiary/aromatic N) is 1. The minimum Gasteiger partial charge on any atom is -0.399 e. The van der Waals surface area contributed by atoms with E-state index in [2.05, 4.69) is 223 Å². The summed E-state index contributed by atoms with van der Waals surface area (Å²) in [6.45, 7) is 0. The summed E-state index contributed by atoms with van der Waals surface area (Å²) in [7, 11) is 0. The monoisotopic (exact) mass is 738 g/mol. The van der Waals surface area contributed by atoms with Crippen molar-refractivity contribution in [2.45, 2.75) is 0 Å². The SMILES string of the molecule is Nc1cc(-c2ccccc2)c2c(c1)c1ccccc1n2-c1ccc2c(-c3ccccc3-c3ccccc3)c3ccccc3c(-c3ccccc3-c3ccccc3)c2c1. The van der Waals surface area contributed by atoms with Crippen LogP contribution >= 0.6 is 0 Å². The molecule has 0 unspecified atom stereocenters. The van der Waals surface area contributed by atoms with E-state index in [1.54, 1.807) is 0 Å². The maximum atomic E-state index is 6.69. The first kappa shape index (κ1) is 33.6. The van der Waals surface area contributed by atoms with Crippen LogP contribution in [0.4, 0.5) is 5.69 Å². The van der Waals surface area contributed by atoms with Gasteiger partial charge in [-0.15, -0.1) is 0 Å². The van der Waals surface area contributed by atoms with Crippen LogP contribution in [0, 0.1) is 0 Å². The van der Waals surface area contributed by atoms with E-state index < -0.39 is 0 Å². The Bertz CT molecular complexity index is 3320. The molecule has 2 N–H and O–H groups in total. The van der Waals surface area contributed by atoms with Gasteiger partial charge >= 0.3 is 0 Å². The molecular formula is C56H38N2. The Labute approximate surface area is 337 Å². The molecule has 58 heavy (non-hydrogen) atoms. The molecule has 0 saturated heterocycles. The maximum absolute atomic E-state index is 6.69. The van der Waals surface area contributed by atoms with Crippen LogP contribution in [0.3, 0.4) is 0 Å². The fourth-order valence-corrected chi connectivity index (χ4v) is 9.25. The summed E-state index contributed by atoms with van der Waals surface area (Å²) in [6, 6.07) is 79.0. The molecule has 272 valence electrons. The summed E-state index contributed by atoms with van der Waals surface area (Å²) < 4.78 is 2.45. The van der Waals surface area contributed by atoms with Gasteiger partial charge in [-0.2, -0.15) is 0 Å². The van der Waals surface area contributed by atoms with Gasteiger partial charge in [0.05, 0.1) is 11.0 Å². The molecule has 0 fully saturated rings. The van der Waals surface area contributed by atoms with E-state index in [4.69, 9.17) is 5.73 Å². The molecule has 0 atom stereocenters. The normalized spacial score (nSPS) is 11.5. The van der Waals surface area contributed by atoms with Gasteiger partial charge < -0.3 is 10.3 Å². The van der Waals surface area contributed by atoms with Crippen LogP contribution < -0.4 is 5.73 Å². The molecule has 2 nitrogen and oxygen atoms in total. The highest BCUT2D eigenvalue weighted by atomic mass is 15.0. The standard InChI is InChI=1S/C56H38N2/c57-40-34-50(39-22-8-3-9-23-39)56-52(35-40)44-26-16-17-31-53(44)58(56)41-32-33-49-51(36-41)55(46-28-13-11-25-43(46)38-20-6-2-7-21-38)48-30-15-14-29-47(48)54(49)45-27-12-10-24-42(45)37-18-4-1-5-19-37/h1-36H,57H2. The van der Waals surface area contributed by atoms with Crippen molar-refractivity contribution in [3.63, 3.8) is 0 Å². The molecule has 0 radical (unpaired) electrons. The molecule has 0 bridgehead atoms. The number of rotatable bonds is 6. The lowest BCUT2D eigenvalue weighted by Crippen LogP contribution is -1.99.